The van der Waals surface area contributed by atoms with Crippen molar-refractivity contribution in [2.45, 2.75) is 12.7 Å². The first kappa shape index (κ1) is 26.4. The fourth-order valence-electron chi connectivity index (χ4n) is 4.18. The van der Waals surface area contributed by atoms with Crippen LogP contribution in [0.25, 0.3) is 11.1 Å². The molecular formula is C27H31F3N6O. The van der Waals surface area contributed by atoms with E-state index in [1.807, 2.05) is 48.3 Å². The molecule has 1 saturated heterocycles. The van der Waals surface area contributed by atoms with Crippen LogP contribution in [0.4, 0.5) is 30.4 Å². The molecule has 1 fully saturated rings. The van der Waals surface area contributed by atoms with Gasteiger partial charge in [-0.25, -0.2) is 4.98 Å². The van der Waals surface area contributed by atoms with Crippen molar-refractivity contribution in [2.24, 2.45) is 0 Å². The molecule has 1 aliphatic rings. The Bertz CT molecular complexity index is 1190. The Kier molecular flexibility index (Phi) is 8.30. The predicted octanol–water partition coefficient (Wildman–Crippen LogP) is 4.61. The maximum absolute atomic E-state index is 13.8. The van der Waals surface area contributed by atoms with Gasteiger partial charge in [0, 0.05) is 62.9 Å². The van der Waals surface area contributed by atoms with E-state index >= 15 is 0 Å². The van der Waals surface area contributed by atoms with Crippen molar-refractivity contribution in [1.29, 1.82) is 0 Å². The molecule has 0 aliphatic carbocycles. The molecule has 0 atom stereocenters. The number of anilines is 3. The van der Waals surface area contributed by atoms with Gasteiger partial charge >= 0.3 is 6.18 Å². The topological polar surface area (TPSA) is 72.5 Å². The van der Waals surface area contributed by atoms with E-state index in [1.54, 1.807) is 13.2 Å². The first-order valence-corrected chi connectivity index (χ1v) is 12.1. The molecule has 0 bridgehead atoms. The normalized spacial score (nSPS) is 14.8. The van der Waals surface area contributed by atoms with Gasteiger partial charge < -0.3 is 20.9 Å². The van der Waals surface area contributed by atoms with Gasteiger partial charge in [-0.15, -0.1) is 0 Å². The molecule has 0 spiro atoms. The molecule has 0 saturated carbocycles. The summed E-state index contributed by atoms with van der Waals surface area (Å²) in [7, 11) is 3.81. The van der Waals surface area contributed by atoms with Crippen LogP contribution >= 0.6 is 0 Å². The maximum atomic E-state index is 13.8. The summed E-state index contributed by atoms with van der Waals surface area (Å²) in [6.07, 6.45) is -2.74. The Labute approximate surface area is 214 Å². The van der Waals surface area contributed by atoms with Crippen LogP contribution in [-0.4, -0.2) is 67.5 Å². The lowest BCUT2D eigenvalue weighted by Crippen LogP contribution is -2.44. The number of rotatable bonds is 8. The number of likely N-dealkylation sites (N-methyl/N-ethyl adjacent to an activating group) is 1. The van der Waals surface area contributed by atoms with Gasteiger partial charge in [-0.1, -0.05) is 18.2 Å². The van der Waals surface area contributed by atoms with Crippen molar-refractivity contribution in [2.75, 3.05) is 62.8 Å². The number of carbonyl (C=O) groups excluding carboxylic acids is 1. The lowest BCUT2D eigenvalue weighted by Gasteiger charge is -2.33. The number of alkyl halides is 3. The van der Waals surface area contributed by atoms with Crippen molar-refractivity contribution in [1.82, 2.24) is 14.8 Å². The molecule has 37 heavy (non-hydrogen) atoms. The number of halogens is 3. The van der Waals surface area contributed by atoms with Gasteiger partial charge in [0.05, 0.1) is 12.1 Å². The largest absolute Gasteiger partial charge is 0.416 e. The number of carbonyl (C=O) groups is 1. The molecule has 2 aromatic carbocycles. The van der Waals surface area contributed by atoms with Gasteiger partial charge in [0.2, 0.25) is 5.91 Å². The number of nitrogens with one attached hydrogen (secondary N) is 3. The second-order valence-corrected chi connectivity index (χ2v) is 9.11. The third-order valence-corrected chi connectivity index (χ3v) is 6.38. The first-order chi connectivity index (χ1) is 17.7. The van der Waals surface area contributed by atoms with Crippen molar-refractivity contribution < 1.29 is 18.0 Å². The molecule has 10 heteroatoms. The standard InChI is InChI=1S/C27H31F3N6O/c1-31-25-10-6-20(16-33-25)19-3-7-22(8-4-19)32-17-26(37)34-23-9-5-21(24(15-23)27(28,29)30)18-36-13-11-35(2)12-14-36/h3-10,15-16,32H,11-14,17-18H2,1-2H3,(H,31,33)(H,34,37). The molecule has 7 nitrogen and oxygen atoms in total. The van der Waals surface area contributed by atoms with Gasteiger partial charge in [0.15, 0.2) is 0 Å². The summed E-state index contributed by atoms with van der Waals surface area (Å²) >= 11 is 0. The fourth-order valence-corrected chi connectivity index (χ4v) is 4.18. The Morgan fingerprint density at radius 3 is 2.24 bits per heavy atom. The van der Waals surface area contributed by atoms with Crippen molar-refractivity contribution in [3.05, 3.63) is 71.9 Å². The average Bonchev–Trinajstić information content (AvgIpc) is 2.89. The molecule has 1 aliphatic heterocycles. The Hall–Kier alpha value is -3.63. The van der Waals surface area contributed by atoms with Crippen LogP contribution in [0, 0.1) is 0 Å². The highest BCUT2D eigenvalue weighted by Gasteiger charge is 2.34. The van der Waals surface area contributed by atoms with Crippen LogP contribution in [0.3, 0.4) is 0 Å². The van der Waals surface area contributed by atoms with E-state index in [-0.39, 0.29) is 24.3 Å². The summed E-state index contributed by atoms with van der Waals surface area (Å²) in [4.78, 5) is 20.9. The van der Waals surface area contributed by atoms with Gasteiger partial charge in [0.25, 0.3) is 0 Å². The minimum Gasteiger partial charge on any atom is -0.376 e. The van der Waals surface area contributed by atoms with Crippen LogP contribution < -0.4 is 16.0 Å². The van der Waals surface area contributed by atoms with E-state index < -0.39 is 17.6 Å². The van der Waals surface area contributed by atoms with E-state index in [2.05, 4.69) is 25.8 Å². The molecule has 0 radical (unpaired) electrons. The van der Waals surface area contributed by atoms with Crippen molar-refractivity contribution >= 4 is 23.1 Å². The zero-order valence-electron chi connectivity index (χ0n) is 20.9. The Morgan fingerprint density at radius 1 is 0.946 bits per heavy atom. The Morgan fingerprint density at radius 2 is 1.62 bits per heavy atom. The summed E-state index contributed by atoms with van der Waals surface area (Å²) in [6.45, 7) is 3.24. The molecule has 1 aromatic heterocycles. The number of pyridine rings is 1. The summed E-state index contributed by atoms with van der Waals surface area (Å²) in [6, 6.07) is 15.3. The van der Waals surface area contributed by atoms with Crippen LogP contribution in [0.1, 0.15) is 11.1 Å². The van der Waals surface area contributed by atoms with Crippen LogP contribution in [0.5, 0.6) is 0 Å². The second-order valence-electron chi connectivity index (χ2n) is 9.11. The zero-order valence-corrected chi connectivity index (χ0v) is 20.9. The molecule has 1 amide bonds. The van der Waals surface area contributed by atoms with E-state index in [1.165, 1.54) is 12.1 Å². The predicted molar refractivity (Wildman–Crippen MR) is 141 cm³/mol. The van der Waals surface area contributed by atoms with E-state index in [0.717, 1.165) is 54.9 Å². The third-order valence-electron chi connectivity index (χ3n) is 6.38. The Balaban J connectivity index is 1.35. The number of amides is 1. The molecule has 4 rings (SSSR count). The van der Waals surface area contributed by atoms with E-state index in [9.17, 15) is 18.0 Å². The quantitative estimate of drug-likeness (QED) is 0.410. The van der Waals surface area contributed by atoms with Gasteiger partial charge in [0.1, 0.15) is 5.82 Å². The second kappa shape index (κ2) is 11.6. The molecule has 196 valence electrons. The average molecular weight is 513 g/mol. The maximum Gasteiger partial charge on any atom is 0.416 e. The monoisotopic (exact) mass is 512 g/mol. The lowest BCUT2D eigenvalue weighted by molar-refractivity contribution is -0.138. The van der Waals surface area contributed by atoms with Crippen LogP contribution in [0.2, 0.25) is 0 Å². The zero-order chi connectivity index (χ0) is 26.4. The summed E-state index contributed by atoms with van der Waals surface area (Å²) in [5, 5.41) is 8.55. The van der Waals surface area contributed by atoms with Gasteiger partial charge in [-0.3, -0.25) is 9.69 Å². The molecule has 3 aromatic rings. The summed E-state index contributed by atoms with van der Waals surface area (Å²) in [5.41, 5.74) is 2.27. The number of piperazine rings is 1. The molecular weight excluding hydrogens is 481 g/mol. The number of hydrogen-bond donors (Lipinski definition) is 3. The lowest BCUT2D eigenvalue weighted by atomic mass is 10.0. The van der Waals surface area contributed by atoms with Crippen LogP contribution in [0.15, 0.2) is 60.8 Å². The molecule has 0 unspecified atom stereocenters. The summed E-state index contributed by atoms with van der Waals surface area (Å²) < 4.78 is 41.4. The first-order valence-electron chi connectivity index (χ1n) is 12.1. The third kappa shape index (κ3) is 7.21. The minimum absolute atomic E-state index is 0.0812. The summed E-state index contributed by atoms with van der Waals surface area (Å²) in [5.74, 6) is 0.343. The van der Waals surface area contributed by atoms with Gasteiger partial charge in [-0.05, 0) is 54.6 Å². The fraction of sp³-hybridized carbons (Fsp3) is 0.333. The number of hydrogen-bond acceptors (Lipinski definition) is 6. The van der Waals surface area contributed by atoms with Gasteiger partial charge in [-0.2, -0.15) is 13.2 Å². The molecule has 2 heterocycles. The van der Waals surface area contributed by atoms with Crippen LogP contribution in [-0.2, 0) is 17.5 Å². The SMILES string of the molecule is CNc1ccc(-c2ccc(NCC(=O)Nc3ccc(CN4CCN(C)CC4)c(C(F)(F)F)c3)cc2)cn1. The van der Waals surface area contributed by atoms with Crippen molar-refractivity contribution in [3.8, 4) is 11.1 Å². The number of aromatic nitrogens is 1. The molecule has 3 N–H and O–H groups in total. The van der Waals surface area contributed by atoms with Crippen molar-refractivity contribution in [3.63, 3.8) is 0 Å². The van der Waals surface area contributed by atoms with E-state index in [0.29, 0.717) is 0 Å². The highest BCUT2D eigenvalue weighted by atomic mass is 19.4. The highest BCUT2D eigenvalue weighted by Crippen LogP contribution is 2.34. The minimum atomic E-state index is -4.51. The number of nitrogens with zero attached hydrogens (tertiary/aromatic N) is 3. The van der Waals surface area contributed by atoms with E-state index in [4.69, 9.17) is 0 Å². The number of benzene rings is 2. The highest BCUT2D eigenvalue weighted by molar-refractivity contribution is 5.94. The smallest absolute Gasteiger partial charge is 0.376 e.